The predicted molar refractivity (Wildman–Crippen MR) is 122 cm³/mol. The van der Waals surface area contributed by atoms with Gasteiger partial charge < -0.3 is 4.90 Å². The number of nitrogens with zero attached hydrogens (tertiary/aromatic N) is 2. The third kappa shape index (κ3) is 5.13. The Kier molecular flexibility index (Phi) is 6.39. The van der Waals surface area contributed by atoms with E-state index in [1.165, 1.54) is 33.4 Å². The van der Waals surface area contributed by atoms with Gasteiger partial charge in [0.2, 0.25) is 16.1 Å². The molecule has 0 heterocycles. The number of carbonyl (C=O) groups excluding carboxylic acids is 1. The maximum atomic E-state index is 11.1. The Morgan fingerprint density at radius 3 is 2.61 bits per heavy atom. The van der Waals surface area contributed by atoms with E-state index in [-0.39, 0.29) is 5.75 Å². The topological polar surface area (TPSA) is 92.8 Å². The average Bonchev–Trinajstić information content (AvgIpc) is 3.34. The smallest absolute Gasteiger partial charge is 0.240 e. The summed E-state index contributed by atoms with van der Waals surface area (Å²) in [6.07, 6.45) is 7.43. The van der Waals surface area contributed by atoms with Crippen LogP contribution in [0.3, 0.4) is 0 Å². The maximum Gasteiger partial charge on any atom is 0.240 e. The molecular weight excluding hydrogens is 410 g/mol. The summed E-state index contributed by atoms with van der Waals surface area (Å²) in [6.45, 7) is 1.45. The third-order valence-corrected chi connectivity index (χ3v) is 7.37. The minimum Gasteiger partial charge on any atom is -0.302 e. The lowest BCUT2D eigenvalue weighted by atomic mass is 9.95. The molecule has 2 aromatic rings. The van der Waals surface area contributed by atoms with Crippen molar-refractivity contribution in [3.05, 3.63) is 63.7 Å². The number of primary sulfonamides is 1. The van der Waals surface area contributed by atoms with E-state index in [1.54, 1.807) is 6.08 Å². The summed E-state index contributed by atoms with van der Waals surface area (Å²) in [5, 5.41) is 5.06. The minimum absolute atomic E-state index is 0.0120. The Hall–Kier alpha value is -2.31. The van der Waals surface area contributed by atoms with Gasteiger partial charge in [0.1, 0.15) is 0 Å². The van der Waals surface area contributed by atoms with Gasteiger partial charge in [0, 0.05) is 6.54 Å². The molecule has 2 aliphatic rings. The Balaban J connectivity index is 1.42. The van der Waals surface area contributed by atoms with Crippen molar-refractivity contribution in [2.45, 2.75) is 51.0 Å². The van der Waals surface area contributed by atoms with E-state index in [0.29, 0.717) is 18.9 Å². The summed E-state index contributed by atoms with van der Waals surface area (Å²) in [4.78, 5) is 17.3. The molecule has 2 aliphatic carbocycles. The summed E-state index contributed by atoms with van der Waals surface area (Å²) in [5.41, 5.74) is 8.56. The molecule has 2 N–H and O–H groups in total. The predicted octanol–water partition coefficient (Wildman–Crippen LogP) is 3.14. The highest BCUT2D eigenvalue weighted by atomic mass is 32.2. The Bertz CT molecular complexity index is 1120. The van der Waals surface area contributed by atoms with Gasteiger partial charge in [-0.05, 0) is 91.4 Å². The van der Waals surface area contributed by atoms with E-state index in [1.807, 2.05) is 7.05 Å². The number of aryl methyl sites for hydroxylation is 1. The van der Waals surface area contributed by atoms with E-state index in [0.717, 1.165) is 44.3 Å². The van der Waals surface area contributed by atoms with E-state index < -0.39 is 10.0 Å². The Morgan fingerprint density at radius 2 is 1.90 bits per heavy atom. The molecule has 0 amide bonds. The second-order valence-electron chi connectivity index (χ2n) is 8.86. The van der Waals surface area contributed by atoms with Crippen molar-refractivity contribution < 1.29 is 13.2 Å². The van der Waals surface area contributed by atoms with Crippen LogP contribution < -0.4 is 5.14 Å². The van der Waals surface area contributed by atoms with Crippen LogP contribution in [0.5, 0.6) is 0 Å². The van der Waals surface area contributed by atoms with Gasteiger partial charge in [-0.25, -0.2) is 18.4 Å². The quantitative estimate of drug-likeness (QED) is 0.505. The van der Waals surface area contributed by atoms with Crippen LogP contribution in [-0.2, 0) is 47.0 Å². The van der Waals surface area contributed by atoms with Crippen LogP contribution in [0.1, 0.15) is 52.1 Å². The van der Waals surface area contributed by atoms with Gasteiger partial charge in [0.25, 0.3) is 0 Å². The van der Waals surface area contributed by atoms with Crippen LogP contribution >= 0.6 is 0 Å². The van der Waals surface area contributed by atoms with Gasteiger partial charge in [0.05, 0.1) is 11.4 Å². The molecule has 0 saturated heterocycles. The molecule has 1 atom stereocenters. The SMILES string of the molecule is CN(CCCS(N)(=O)=O)Cc1ccc(C2Cc3cc4c(c(N=C=O)c3C2)CCC4)cc1. The zero-order valence-corrected chi connectivity index (χ0v) is 18.7. The average molecular weight is 440 g/mol. The highest BCUT2D eigenvalue weighted by Crippen LogP contribution is 2.44. The Morgan fingerprint density at radius 1 is 1.13 bits per heavy atom. The van der Waals surface area contributed by atoms with Gasteiger partial charge in [-0.1, -0.05) is 30.3 Å². The highest BCUT2D eigenvalue weighted by Gasteiger charge is 2.29. The zero-order chi connectivity index (χ0) is 22.0. The van der Waals surface area contributed by atoms with Gasteiger partial charge in [-0.2, -0.15) is 4.99 Å². The molecule has 1 unspecified atom stereocenters. The summed E-state index contributed by atoms with van der Waals surface area (Å²) < 4.78 is 22.1. The number of rotatable bonds is 8. The largest absolute Gasteiger partial charge is 0.302 e. The van der Waals surface area contributed by atoms with E-state index in [9.17, 15) is 13.2 Å². The number of aliphatic imine (C=N–C) groups is 1. The molecular formula is C24H29N3O3S. The maximum absolute atomic E-state index is 11.1. The lowest BCUT2D eigenvalue weighted by molar-refractivity contribution is 0.328. The molecule has 164 valence electrons. The molecule has 0 aliphatic heterocycles. The second-order valence-corrected chi connectivity index (χ2v) is 10.6. The standard InChI is InChI=1S/C24H29N3O3S/c1-27(10-3-11-31(25,29)30)15-17-6-8-18(9-7-17)20-13-21-12-19-4-2-5-22(19)24(26-16-28)23(21)14-20/h6-9,12,20H,2-5,10-11,13-15H2,1H3,(H2,25,29,30). The second kappa shape index (κ2) is 9.05. The first-order chi connectivity index (χ1) is 14.8. The molecule has 7 heteroatoms. The van der Waals surface area contributed by atoms with Crippen molar-refractivity contribution in [1.82, 2.24) is 4.90 Å². The normalized spacial score (nSPS) is 17.5. The van der Waals surface area contributed by atoms with Gasteiger partial charge in [0.15, 0.2) is 0 Å². The van der Waals surface area contributed by atoms with Crippen molar-refractivity contribution in [1.29, 1.82) is 0 Å². The first kappa shape index (κ1) is 21.9. The molecule has 0 aromatic heterocycles. The zero-order valence-electron chi connectivity index (χ0n) is 17.9. The van der Waals surface area contributed by atoms with E-state index in [2.05, 4.69) is 40.2 Å². The Labute approximate surface area is 184 Å². The van der Waals surface area contributed by atoms with E-state index in [4.69, 9.17) is 5.14 Å². The van der Waals surface area contributed by atoms with Crippen LogP contribution in [0, 0.1) is 0 Å². The van der Waals surface area contributed by atoms with Crippen molar-refractivity contribution in [3.8, 4) is 0 Å². The molecule has 0 saturated carbocycles. The number of isocyanates is 1. The van der Waals surface area contributed by atoms with Crippen molar-refractivity contribution >= 4 is 21.8 Å². The van der Waals surface area contributed by atoms with Crippen molar-refractivity contribution in [2.24, 2.45) is 10.1 Å². The van der Waals surface area contributed by atoms with Crippen LogP contribution in [0.4, 0.5) is 5.69 Å². The van der Waals surface area contributed by atoms with E-state index >= 15 is 0 Å². The molecule has 0 fully saturated rings. The first-order valence-electron chi connectivity index (χ1n) is 10.9. The highest BCUT2D eigenvalue weighted by molar-refractivity contribution is 7.89. The lowest BCUT2D eigenvalue weighted by Crippen LogP contribution is -2.24. The van der Waals surface area contributed by atoms with Gasteiger partial charge >= 0.3 is 0 Å². The molecule has 0 bridgehead atoms. The molecule has 31 heavy (non-hydrogen) atoms. The number of nitrogens with two attached hydrogens (primary N) is 1. The fourth-order valence-corrected chi connectivity index (χ4v) is 5.59. The summed E-state index contributed by atoms with van der Waals surface area (Å²) >= 11 is 0. The van der Waals surface area contributed by atoms with Gasteiger partial charge in [-0.15, -0.1) is 0 Å². The summed E-state index contributed by atoms with van der Waals surface area (Å²) in [5.74, 6) is 0.414. The van der Waals surface area contributed by atoms with Crippen LogP contribution in [0.15, 0.2) is 35.3 Å². The molecule has 4 rings (SSSR count). The van der Waals surface area contributed by atoms with Crippen LogP contribution in [0.25, 0.3) is 0 Å². The van der Waals surface area contributed by atoms with Gasteiger partial charge in [-0.3, -0.25) is 0 Å². The molecule has 6 nitrogen and oxygen atoms in total. The number of fused-ring (bicyclic) bond motifs is 2. The minimum atomic E-state index is -3.40. The lowest BCUT2D eigenvalue weighted by Gasteiger charge is -2.17. The fourth-order valence-electron chi connectivity index (χ4n) is 5.06. The monoisotopic (exact) mass is 439 g/mol. The fraction of sp³-hybridized carbons (Fsp3) is 0.458. The van der Waals surface area contributed by atoms with Crippen LogP contribution in [0.2, 0.25) is 0 Å². The molecule has 0 spiro atoms. The molecule has 0 radical (unpaired) electrons. The third-order valence-electron chi connectivity index (χ3n) is 6.51. The number of sulfonamides is 1. The van der Waals surface area contributed by atoms with Crippen molar-refractivity contribution in [2.75, 3.05) is 19.3 Å². The first-order valence-corrected chi connectivity index (χ1v) is 12.6. The van der Waals surface area contributed by atoms with Crippen molar-refractivity contribution in [3.63, 3.8) is 0 Å². The summed E-state index contributed by atoms with van der Waals surface area (Å²) in [7, 11) is -1.41. The number of hydrogen-bond donors (Lipinski definition) is 1. The number of hydrogen-bond acceptors (Lipinski definition) is 5. The molecule has 2 aromatic carbocycles. The number of benzene rings is 2. The summed E-state index contributed by atoms with van der Waals surface area (Å²) in [6, 6.07) is 11.0. The van der Waals surface area contributed by atoms with Crippen LogP contribution in [-0.4, -0.2) is 38.7 Å².